The molecule has 0 aromatic heterocycles. The number of anilines is 1. The molecule has 3 rings (SSSR count). The van der Waals surface area contributed by atoms with E-state index in [1.165, 1.54) is 11.3 Å². The molecule has 2 aliphatic rings. The Hall–Kier alpha value is -1.55. The topological polar surface area (TPSA) is 49.6 Å². The maximum absolute atomic E-state index is 13.1. The van der Waals surface area contributed by atoms with E-state index in [0.717, 1.165) is 38.9 Å². The van der Waals surface area contributed by atoms with Crippen molar-refractivity contribution >= 4 is 11.6 Å². The van der Waals surface area contributed by atoms with E-state index in [4.69, 9.17) is 5.73 Å². The molecule has 0 saturated carbocycles. The van der Waals surface area contributed by atoms with Gasteiger partial charge in [0.25, 0.3) is 0 Å². The van der Waals surface area contributed by atoms with Crippen LogP contribution in [0.15, 0.2) is 24.3 Å². The van der Waals surface area contributed by atoms with Crippen LogP contribution in [0.4, 0.5) is 5.69 Å². The molecular weight excluding hydrogens is 274 g/mol. The van der Waals surface area contributed by atoms with Crippen molar-refractivity contribution < 1.29 is 4.79 Å². The summed E-state index contributed by atoms with van der Waals surface area (Å²) in [4.78, 5) is 17.4. The molecule has 0 spiro atoms. The summed E-state index contributed by atoms with van der Waals surface area (Å²) in [6.45, 7) is 6.86. The molecule has 2 N–H and O–H groups in total. The number of benzene rings is 1. The number of fused-ring (bicyclic) bond motifs is 1. The van der Waals surface area contributed by atoms with E-state index in [-0.39, 0.29) is 18.0 Å². The monoisotopic (exact) mass is 301 g/mol. The Bertz CT molecular complexity index is 535. The molecule has 1 aromatic carbocycles. The quantitative estimate of drug-likeness (QED) is 0.929. The van der Waals surface area contributed by atoms with Gasteiger partial charge in [-0.3, -0.25) is 4.79 Å². The zero-order valence-corrected chi connectivity index (χ0v) is 13.7. The van der Waals surface area contributed by atoms with Crippen LogP contribution in [0.3, 0.4) is 0 Å². The molecule has 4 nitrogen and oxygen atoms in total. The summed E-state index contributed by atoms with van der Waals surface area (Å²) in [7, 11) is 0. The molecule has 0 bridgehead atoms. The maximum Gasteiger partial charge on any atom is 0.245 e. The van der Waals surface area contributed by atoms with Crippen LogP contribution in [-0.4, -0.2) is 42.5 Å². The third-order valence-corrected chi connectivity index (χ3v) is 4.99. The van der Waals surface area contributed by atoms with Crippen LogP contribution < -0.4 is 10.6 Å². The van der Waals surface area contributed by atoms with E-state index in [2.05, 4.69) is 43.0 Å². The fourth-order valence-corrected chi connectivity index (χ4v) is 3.74. The molecule has 22 heavy (non-hydrogen) atoms. The normalized spacial score (nSPS) is 20.4. The predicted octanol–water partition coefficient (Wildman–Crippen LogP) is 2.02. The molecule has 1 aromatic rings. The first-order chi connectivity index (χ1) is 10.6. The zero-order valence-electron chi connectivity index (χ0n) is 13.7. The number of carbonyl (C=O) groups excluding carboxylic acids is 1. The van der Waals surface area contributed by atoms with Crippen LogP contribution in [0.5, 0.6) is 0 Å². The van der Waals surface area contributed by atoms with Crippen LogP contribution in [-0.2, 0) is 11.2 Å². The number of rotatable bonds is 3. The summed E-state index contributed by atoms with van der Waals surface area (Å²) in [5, 5.41) is 0. The van der Waals surface area contributed by atoms with Gasteiger partial charge in [-0.05, 0) is 36.8 Å². The minimum absolute atomic E-state index is 0.0574. The highest BCUT2D eigenvalue weighted by molar-refractivity contribution is 5.86. The van der Waals surface area contributed by atoms with E-state index in [0.29, 0.717) is 5.92 Å². The van der Waals surface area contributed by atoms with E-state index >= 15 is 0 Å². The van der Waals surface area contributed by atoms with Crippen LogP contribution in [0, 0.1) is 5.92 Å². The Kier molecular flexibility index (Phi) is 4.39. The molecule has 1 atom stereocenters. The highest BCUT2D eigenvalue weighted by atomic mass is 16.2. The van der Waals surface area contributed by atoms with Gasteiger partial charge in [0.1, 0.15) is 6.04 Å². The van der Waals surface area contributed by atoms with Gasteiger partial charge in [-0.2, -0.15) is 0 Å². The third-order valence-electron chi connectivity index (χ3n) is 4.99. The Morgan fingerprint density at radius 3 is 2.55 bits per heavy atom. The lowest BCUT2D eigenvalue weighted by Crippen LogP contribution is -2.54. The summed E-state index contributed by atoms with van der Waals surface area (Å²) >= 11 is 0. The average molecular weight is 301 g/mol. The second-order valence-electron chi connectivity index (χ2n) is 6.92. The van der Waals surface area contributed by atoms with E-state index < -0.39 is 0 Å². The van der Waals surface area contributed by atoms with Crippen LogP contribution in [0.2, 0.25) is 0 Å². The van der Waals surface area contributed by atoms with Crippen molar-refractivity contribution in [3.63, 3.8) is 0 Å². The van der Waals surface area contributed by atoms with Crippen molar-refractivity contribution in [3.8, 4) is 0 Å². The van der Waals surface area contributed by atoms with Gasteiger partial charge in [0.05, 0.1) is 0 Å². The second kappa shape index (κ2) is 6.29. The average Bonchev–Trinajstić information content (AvgIpc) is 2.92. The molecule has 2 aliphatic heterocycles. The smallest absolute Gasteiger partial charge is 0.245 e. The Morgan fingerprint density at radius 1 is 1.18 bits per heavy atom. The third kappa shape index (κ3) is 2.84. The van der Waals surface area contributed by atoms with Gasteiger partial charge in [0.2, 0.25) is 5.91 Å². The minimum atomic E-state index is -0.0574. The van der Waals surface area contributed by atoms with Gasteiger partial charge in [0.15, 0.2) is 0 Å². The lowest BCUT2D eigenvalue weighted by molar-refractivity contribution is -0.134. The van der Waals surface area contributed by atoms with E-state index in [1.54, 1.807) is 0 Å². The minimum Gasteiger partial charge on any atom is -0.359 e. The lowest BCUT2D eigenvalue weighted by atomic mass is 9.98. The predicted molar refractivity (Wildman–Crippen MR) is 89.9 cm³/mol. The number of piperidine rings is 1. The number of likely N-dealkylation sites (tertiary alicyclic amines) is 1. The number of hydrogen-bond acceptors (Lipinski definition) is 3. The van der Waals surface area contributed by atoms with Crippen molar-refractivity contribution in [1.29, 1.82) is 0 Å². The number of hydrogen-bond donors (Lipinski definition) is 1. The molecule has 120 valence electrons. The number of carbonyl (C=O) groups is 1. The van der Waals surface area contributed by atoms with Crippen LogP contribution in [0.1, 0.15) is 32.3 Å². The number of nitrogens with zero attached hydrogens (tertiary/aromatic N) is 2. The summed E-state index contributed by atoms with van der Waals surface area (Å²) in [5.41, 5.74) is 8.57. The van der Waals surface area contributed by atoms with Crippen molar-refractivity contribution in [2.45, 2.75) is 45.2 Å². The molecule has 0 aliphatic carbocycles. The van der Waals surface area contributed by atoms with Crippen molar-refractivity contribution in [2.75, 3.05) is 24.5 Å². The van der Waals surface area contributed by atoms with Gasteiger partial charge in [-0.25, -0.2) is 0 Å². The molecule has 4 heteroatoms. The van der Waals surface area contributed by atoms with Crippen molar-refractivity contribution in [2.24, 2.45) is 11.7 Å². The first-order valence-electron chi connectivity index (χ1n) is 8.47. The van der Waals surface area contributed by atoms with E-state index in [9.17, 15) is 4.79 Å². The fraction of sp³-hybridized carbons (Fsp3) is 0.611. The Morgan fingerprint density at radius 2 is 1.86 bits per heavy atom. The SMILES string of the molecule is CC(C)C(C(=O)N1CCC(N)CC1)N1CCc2ccccc21. The summed E-state index contributed by atoms with van der Waals surface area (Å²) in [5.74, 6) is 0.577. The Balaban J connectivity index is 1.80. The lowest BCUT2D eigenvalue weighted by Gasteiger charge is -2.38. The highest BCUT2D eigenvalue weighted by Crippen LogP contribution is 2.32. The molecule has 2 heterocycles. The molecule has 0 radical (unpaired) electrons. The number of nitrogens with two attached hydrogens (primary N) is 1. The number of amides is 1. The molecule has 1 amide bonds. The summed E-state index contributed by atoms with van der Waals surface area (Å²) in [6.07, 6.45) is 2.89. The first kappa shape index (κ1) is 15.3. The van der Waals surface area contributed by atoms with Gasteiger partial charge >= 0.3 is 0 Å². The maximum atomic E-state index is 13.1. The second-order valence-corrected chi connectivity index (χ2v) is 6.92. The van der Waals surface area contributed by atoms with Crippen LogP contribution in [0.25, 0.3) is 0 Å². The summed E-state index contributed by atoms with van der Waals surface area (Å²) < 4.78 is 0. The molecule has 1 saturated heterocycles. The van der Waals surface area contributed by atoms with E-state index in [1.807, 2.05) is 4.90 Å². The fourth-order valence-electron chi connectivity index (χ4n) is 3.74. The molecular formula is C18H27N3O. The Labute approximate surface area is 133 Å². The van der Waals surface area contributed by atoms with Crippen molar-refractivity contribution in [1.82, 2.24) is 4.90 Å². The van der Waals surface area contributed by atoms with Crippen molar-refractivity contribution in [3.05, 3.63) is 29.8 Å². The molecule has 1 fully saturated rings. The largest absolute Gasteiger partial charge is 0.359 e. The highest BCUT2D eigenvalue weighted by Gasteiger charge is 2.36. The van der Waals surface area contributed by atoms with Gasteiger partial charge < -0.3 is 15.5 Å². The zero-order chi connectivity index (χ0) is 15.7. The number of para-hydroxylation sites is 1. The standard InChI is InChI=1S/C18H27N3O/c1-13(2)17(18(22)20-10-8-15(19)9-11-20)21-12-7-14-5-3-4-6-16(14)21/h3-6,13,15,17H,7-12,19H2,1-2H3. The van der Waals surface area contributed by atoms with Crippen LogP contribution >= 0.6 is 0 Å². The van der Waals surface area contributed by atoms with Gasteiger partial charge in [-0.15, -0.1) is 0 Å². The van der Waals surface area contributed by atoms with Gasteiger partial charge in [0, 0.05) is 31.4 Å². The molecule has 1 unspecified atom stereocenters. The van der Waals surface area contributed by atoms with Gasteiger partial charge in [-0.1, -0.05) is 32.0 Å². The first-order valence-corrected chi connectivity index (χ1v) is 8.47. The summed E-state index contributed by atoms with van der Waals surface area (Å²) in [6, 6.07) is 8.68.